The molecule has 130 valence electrons. The van der Waals surface area contributed by atoms with Gasteiger partial charge in [-0.3, -0.25) is 9.80 Å². The third-order valence-electron chi connectivity index (χ3n) is 4.54. The average molecular weight is 320 g/mol. The quantitative estimate of drug-likeness (QED) is 0.796. The molecule has 1 atom stereocenters. The molecule has 1 aromatic rings. The highest BCUT2D eigenvalue weighted by Crippen LogP contribution is 2.11. The third-order valence-corrected chi connectivity index (χ3v) is 4.54. The predicted molar refractivity (Wildman–Crippen MR) is 94.6 cm³/mol. The molecule has 1 heterocycles. The van der Waals surface area contributed by atoms with Crippen molar-refractivity contribution in [3.63, 3.8) is 0 Å². The first-order valence-electron chi connectivity index (χ1n) is 8.80. The second-order valence-electron chi connectivity index (χ2n) is 6.99. The Labute approximate surface area is 141 Å². The standard InChI is InChI=1S/C19H32N2O2/c1-16(2)19(22)15-21(8-7-20-9-11-23-12-10-20)14-18-6-4-5-17(3)13-18/h4-6,13,16,19,22H,7-12,14-15H2,1-3H3. The summed E-state index contributed by atoms with van der Waals surface area (Å²) in [5.74, 6) is 0.290. The Bertz CT molecular complexity index is 458. The first-order valence-corrected chi connectivity index (χ1v) is 8.80. The van der Waals surface area contributed by atoms with E-state index in [0.717, 1.165) is 52.5 Å². The van der Waals surface area contributed by atoms with Crippen LogP contribution in [0.5, 0.6) is 0 Å². The summed E-state index contributed by atoms with van der Waals surface area (Å²) in [5, 5.41) is 10.3. The minimum absolute atomic E-state index is 0.274. The van der Waals surface area contributed by atoms with E-state index in [1.165, 1.54) is 11.1 Å². The SMILES string of the molecule is Cc1cccc(CN(CCN2CCOCC2)CC(O)C(C)C)c1. The minimum Gasteiger partial charge on any atom is -0.392 e. The van der Waals surface area contributed by atoms with Gasteiger partial charge in [0.05, 0.1) is 19.3 Å². The summed E-state index contributed by atoms with van der Waals surface area (Å²) in [5.41, 5.74) is 2.61. The molecule has 0 aliphatic carbocycles. The van der Waals surface area contributed by atoms with E-state index in [1.54, 1.807) is 0 Å². The van der Waals surface area contributed by atoms with Crippen LogP contribution in [0.25, 0.3) is 0 Å². The average Bonchev–Trinajstić information content (AvgIpc) is 2.53. The van der Waals surface area contributed by atoms with Gasteiger partial charge in [0.15, 0.2) is 0 Å². The van der Waals surface area contributed by atoms with E-state index in [0.29, 0.717) is 5.92 Å². The summed E-state index contributed by atoms with van der Waals surface area (Å²) in [6, 6.07) is 8.66. The lowest BCUT2D eigenvalue weighted by Crippen LogP contribution is -2.43. The fourth-order valence-corrected chi connectivity index (χ4v) is 2.89. The van der Waals surface area contributed by atoms with E-state index in [2.05, 4.69) is 54.8 Å². The number of morpholine rings is 1. The van der Waals surface area contributed by atoms with Crippen LogP contribution in [0.1, 0.15) is 25.0 Å². The Morgan fingerprint density at radius 2 is 2.00 bits per heavy atom. The largest absolute Gasteiger partial charge is 0.392 e. The monoisotopic (exact) mass is 320 g/mol. The zero-order chi connectivity index (χ0) is 16.7. The molecule has 1 aliphatic rings. The molecule has 1 fully saturated rings. The number of aliphatic hydroxyl groups excluding tert-OH is 1. The van der Waals surface area contributed by atoms with E-state index in [1.807, 2.05) is 0 Å². The Morgan fingerprint density at radius 1 is 1.26 bits per heavy atom. The van der Waals surface area contributed by atoms with Crippen molar-refractivity contribution < 1.29 is 9.84 Å². The first kappa shape index (κ1) is 18.4. The second-order valence-corrected chi connectivity index (χ2v) is 6.99. The molecule has 1 aliphatic heterocycles. The Balaban J connectivity index is 1.92. The molecule has 4 nitrogen and oxygen atoms in total. The summed E-state index contributed by atoms with van der Waals surface area (Å²) in [7, 11) is 0. The van der Waals surface area contributed by atoms with Crippen molar-refractivity contribution in [3.05, 3.63) is 35.4 Å². The molecular weight excluding hydrogens is 288 g/mol. The van der Waals surface area contributed by atoms with E-state index in [-0.39, 0.29) is 6.10 Å². The summed E-state index contributed by atoms with van der Waals surface area (Å²) in [6.45, 7) is 13.7. The predicted octanol–water partition coefficient (Wildman–Crippen LogP) is 2.15. The van der Waals surface area contributed by atoms with Gasteiger partial charge in [0.2, 0.25) is 0 Å². The molecule has 4 heteroatoms. The molecule has 0 spiro atoms. The molecule has 1 N–H and O–H groups in total. The number of aryl methyl sites for hydroxylation is 1. The molecule has 0 aromatic heterocycles. The van der Waals surface area contributed by atoms with Crippen LogP contribution in [0.15, 0.2) is 24.3 Å². The maximum absolute atomic E-state index is 10.3. The molecule has 2 rings (SSSR count). The Morgan fingerprint density at radius 3 is 2.65 bits per heavy atom. The molecule has 0 amide bonds. The van der Waals surface area contributed by atoms with Crippen LogP contribution in [0, 0.1) is 12.8 Å². The summed E-state index contributed by atoms with van der Waals surface area (Å²) in [6.07, 6.45) is -0.274. The number of hydrogen-bond donors (Lipinski definition) is 1. The first-order chi connectivity index (χ1) is 11.0. The fourth-order valence-electron chi connectivity index (χ4n) is 2.89. The van der Waals surface area contributed by atoms with Crippen LogP contribution in [0.4, 0.5) is 0 Å². The van der Waals surface area contributed by atoms with Crippen LogP contribution >= 0.6 is 0 Å². The molecule has 0 saturated carbocycles. The lowest BCUT2D eigenvalue weighted by atomic mass is 10.1. The van der Waals surface area contributed by atoms with E-state index in [9.17, 15) is 5.11 Å². The van der Waals surface area contributed by atoms with Crippen LogP contribution < -0.4 is 0 Å². The molecule has 1 saturated heterocycles. The Hall–Kier alpha value is -0.940. The maximum atomic E-state index is 10.3. The van der Waals surface area contributed by atoms with Crippen molar-refractivity contribution in [1.29, 1.82) is 0 Å². The fraction of sp³-hybridized carbons (Fsp3) is 0.684. The van der Waals surface area contributed by atoms with Crippen LogP contribution in [0.3, 0.4) is 0 Å². The van der Waals surface area contributed by atoms with Gasteiger partial charge in [0.25, 0.3) is 0 Å². The summed E-state index contributed by atoms with van der Waals surface area (Å²) >= 11 is 0. The summed E-state index contributed by atoms with van der Waals surface area (Å²) < 4.78 is 5.42. The smallest absolute Gasteiger partial charge is 0.0690 e. The molecule has 1 aromatic carbocycles. The topological polar surface area (TPSA) is 35.9 Å². The van der Waals surface area contributed by atoms with Gasteiger partial charge in [0.1, 0.15) is 0 Å². The minimum atomic E-state index is -0.274. The zero-order valence-corrected chi connectivity index (χ0v) is 14.9. The zero-order valence-electron chi connectivity index (χ0n) is 14.9. The normalized spacial score (nSPS) is 17.8. The Kier molecular flexibility index (Phi) is 7.50. The van der Waals surface area contributed by atoms with Crippen LogP contribution in [0.2, 0.25) is 0 Å². The molecule has 0 bridgehead atoms. The highest BCUT2D eigenvalue weighted by Gasteiger charge is 2.17. The van der Waals surface area contributed by atoms with Crippen LogP contribution in [-0.2, 0) is 11.3 Å². The van der Waals surface area contributed by atoms with E-state index in [4.69, 9.17) is 4.74 Å². The van der Waals surface area contributed by atoms with Gasteiger partial charge in [-0.25, -0.2) is 0 Å². The lowest BCUT2D eigenvalue weighted by molar-refractivity contribution is 0.0260. The maximum Gasteiger partial charge on any atom is 0.0690 e. The van der Waals surface area contributed by atoms with Crippen LogP contribution in [-0.4, -0.2) is 66.9 Å². The van der Waals surface area contributed by atoms with Crippen molar-refractivity contribution >= 4 is 0 Å². The van der Waals surface area contributed by atoms with Gasteiger partial charge in [-0.05, 0) is 18.4 Å². The number of ether oxygens (including phenoxy) is 1. The van der Waals surface area contributed by atoms with Gasteiger partial charge >= 0.3 is 0 Å². The van der Waals surface area contributed by atoms with Crippen molar-refractivity contribution in [1.82, 2.24) is 9.80 Å². The highest BCUT2D eigenvalue weighted by molar-refractivity contribution is 5.22. The number of benzene rings is 1. The van der Waals surface area contributed by atoms with Crippen molar-refractivity contribution in [2.75, 3.05) is 45.9 Å². The molecular formula is C19H32N2O2. The second kappa shape index (κ2) is 9.38. The van der Waals surface area contributed by atoms with Gasteiger partial charge in [0, 0.05) is 39.3 Å². The molecule has 0 radical (unpaired) electrons. The van der Waals surface area contributed by atoms with E-state index >= 15 is 0 Å². The van der Waals surface area contributed by atoms with Crippen molar-refractivity contribution in [2.45, 2.75) is 33.4 Å². The highest BCUT2D eigenvalue weighted by atomic mass is 16.5. The van der Waals surface area contributed by atoms with Crippen molar-refractivity contribution in [3.8, 4) is 0 Å². The number of rotatable bonds is 8. The lowest BCUT2D eigenvalue weighted by Gasteiger charge is -2.31. The van der Waals surface area contributed by atoms with Gasteiger partial charge in [-0.1, -0.05) is 43.7 Å². The van der Waals surface area contributed by atoms with Gasteiger partial charge in [-0.2, -0.15) is 0 Å². The third kappa shape index (κ3) is 6.60. The number of nitrogens with zero attached hydrogens (tertiary/aromatic N) is 2. The molecule has 23 heavy (non-hydrogen) atoms. The van der Waals surface area contributed by atoms with Gasteiger partial charge in [-0.15, -0.1) is 0 Å². The molecule has 1 unspecified atom stereocenters. The summed E-state index contributed by atoms with van der Waals surface area (Å²) in [4.78, 5) is 4.84. The van der Waals surface area contributed by atoms with Crippen molar-refractivity contribution in [2.24, 2.45) is 5.92 Å². The number of hydrogen-bond acceptors (Lipinski definition) is 4. The van der Waals surface area contributed by atoms with Gasteiger partial charge < -0.3 is 9.84 Å². The number of aliphatic hydroxyl groups is 1. The van der Waals surface area contributed by atoms with E-state index < -0.39 is 0 Å².